The molecule has 1 aliphatic heterocycles. The number of imidazole rings is 1. The van der Waals surface area contributed by atoms with E-state index in [4.69, 9.17) is 0 Å². The van der Waals surface area contributed by atoms with Gasteiger partial charge in [-0.3, -0.25) is 9.69 Å². The molecular weight excluding hydrogens is 294 g/mol. The number of aryl methyl sites for hydroxylation is 1. The molecule has 2 aromatic heterocycles. The van der Waals surface area contributed by atoms with Gasteiger partial charge in [-0.25, -0.2) is 9.97 Å². The highest BCUT2D eigenvalue weighted by Crippen LogP contribution is 2.16. The van der Waals surface area contributed by atoms with Crippen LogP contribution in [0.4, 0.5) is 0 Å². The van der Waals surface area contributed by atoms with E-state index >= 15 is 0 Å². The topological polar surface area (TPSA) is 74.5 Å². The average molecular weight is 315 g/mol. The van der Waals surface area contributed by atoms with E-state index in [-0.39, 0.29) is 17.4 Å². The van der Waals surface area contributed by atoms with E-state index < -0.39 is 0 Å². The van der Waals surface area contributed by atoms with Crippen LogP contribution in [0.3, 0.4) is 0 Å². The lowest BCUT2D eigenvalue weighted by Gasteiger charge is -2.21. The second kappa shape index (κ2) is 6.78. The lowest BCUT2D eigenvalue weighted by Crippen LogP contribution is -2.35. The van der Waals surface area contributed by atoms with Gasteiger partial charge in [-0.15, -0.1) is 0 Å². The summed E-state index contributed by atoms with van der Waals surface area (Å²) in [7, 11) is 1.99. The van der Waals surface area contributed by atoms with Crippen molar-refractivity contribution < 1.29 is 9.90 Å². The van der Waals surface area contributed by atoms with E-state index in [1.165, 1.54) is 12.3 Å². The van der Waals surface area contributed by atoms with Crippen LogP contribution in [0.25, 0.3) is 0 Å². The summed E-state index contributed by atoms with van der Waals surface area (Å²) in [5.41, 5.74) is 0.130. The molecule has 1 aliphatic rings. The van der Waals surface area contributed by atoms with E-state index in [1.807, 2.05) is 17.8 Å². The standard InChI is InChI=1S/C16H21N5O2/c1-19-9-6-17-14(19)12-20-7-3-8-21(11-10-20)16(23)15-13(22)4-2-5-18-15/h2,4-6,9,22H,3,7-8,10-12H2,1H3. The zero-order valence-electron chi connectivity index (χ0n) is 13.2. The molecule has 1 saturated heterocycles. The number of aromatic hydroxyl groups is 1. The SMILES string of the molecule is Cn1ccnc1CN1CCCN(C(=O)c2ncccc2O)CC1. The summed E-state index contributed by atoms with van der Waals surface area (Å²) in [4.78, 5) is 24.9. The highest BCUT2D eigenvalue weighted by Gasteiger charge is 2.23. The molecule has 3 rings (SSSR count). The van der Waals surface area contributed by atoms with Gasteiger partial charge >= 0.3 is 0 Å². The van der Waals surface area contributed by atoms with Crippen molar-refractivity contribution in [2.24, 2.45) is 7.05 Å². The molecule has 0 atom stereocenters. The molecular formula is C16H21N5O2. The quantitative estimate of drug-likeness (QED) is 0.910. The van der Waals surface area contributed by atoms with E-state index in [2.05, 4.69) is 14.9 Å². The predicted molar refractivity (Wildman–Crippen MR) is 84.9 cm³/mol. The van der Waals surface area contributed by atoms with Gasteiger partial charge in [0.05, 0.1) is 6.54 Å². The summed E-state index contributed by atoms with van der Waals surface area (Å²) in [5.74, 6) is 0.751. The maximum atomic E-state index is 12.5. The number of pyridine rings is 1. The van der Waals surface area contributed by atoms with Crippen molar-refractivity contribution in [1.29, 1.82) is 0 Å². The highest BCUT2D eigenvalue weighted by molar-refractivity contribution is 5.94. The van der Waals surface area contributed by atoms with Crippen molar-refractivity contribution in [3.63, 3.8) is 0 Å². The van der Waals surface area contributed by atoms with E-state index in [1.54, 1.807) is 17.2 Å². The molecule has 0 aliphatic carbocycles. The fourth-order valence-corrected chi connectivity index (χ4v) is 2.79. The van der Waals surface area contributed by atoms with Crippen molar-refractivity contribution in [2.75, 3.05) is 26.2 Å². The fraction of sp³-hybridized carbons (Fsp3) is 0.438. The largest absolute Gasteiger partial charge is 0.505 e. The molecule has 3 heterocycles. The van der Waals surface area contributed by atoms with Gasteiger partial charge in [0.1, 0.15) is 11.6 Å². The molecule has 7 heteroatoms. The minimum atomic E-state index is -0.207. The minimum absolute atomic E-state index is 0.0633. The second-order valence-corrected chi connectivity index (χ2v) is 5.75. The molecule has 0 radical (unpaired) electrons. The molecule has 0 saturated carbocycles. The van der Waals surface area contributed by atoms with Crippen LogP contribution >= 0.6 is 0 Å². The molecule has 1 amide bonds. The monoisotopic (exact) mass is 315 g/mol. The molecule has 1 fully saturated rings. The van der Waals surface area contributed by atoms with Gasteiger partial charge in [0, 0.05) is 51.8 Å². The smallest absolute Gasteiger partial charge is 0.276 e. The zero-order valence-corrected chi connectivity index (χ0v) is 13.2. The molecule has 0 unspecified atom stereocenters. The lowest BCUT2D eigenvalue weighted by atomic mass is 10.2. The Bertz CT molecular complexity index is 685. The van der Waals surface area contributed by atoms with E-state index in [9.17, 15) is 9.90 Å². The third kappa shape index (κ3) is 3.50. The lowest BCUT2D eigenvalue weighted by molar-refractivity contribution is 0.0751. The van der Waals surface area contributed by atoms with Crippen LogP contribution in [-0.2, 0) is 13.6 Å². The number of carbonyl (C=O) groups is 1. The third-order valence-corrected chi connectivity index (χ3v) is 4.15. The Morgan fingerprint density at radius 2 is 2.09 bits per heavy atom. The second-order valence-electron chi connectivity index (χ2n) is 5.75. The van der Waals surface area contributed by atoms with Crippen molar-refractivity contribution in [3.8, 4) is 5.75 Å². The number of hydrogen-bond acceptors (Lipinski definition) is 5. The van der Waals surface area contributed by atoms with Gasteiger partial charge in [-0.1, -0.05) is 0 Å². The first-order valence-corrected chi connectivity index (χ1v) is 7.77. The third-order valence-electron chi connectivity index (χ3n) is 4.15. The first-order chi connectivity index (χ1) is 11.1. The first kappa shape index (κ1) is 15.5. The Labute approximate surface area is 135 Å². The Kier molecular flexibility index (Phi) is 4.57. The fourth-order valence-electron chi connectivity index (χ4n) is 2.79. The Hall–Kier alpha value is -2.41. The van der Waals surface area contributed by atoms with Crippen molar-refractivity contribution in [2.45, 2.75) is 13.0 Å². The molecule has 2 aromatic rings. The van der Waals surface area contributed by atoms with Crippen molar-refractivity contribution in [3.05, 3.63) is 42.2 Å². The molecule has 0 aromatic carbocycles. The maximum Gasteiger partial charge on any atom is 0.276 e. The van der Waals surface area contributed by atoms with Gasteiger partial charge < -0.3 is 14.6 Å². The minimum Gasteiger partial charge on any atom is -0.505 e. The van der Waals surface area contributed by atoms with Gasteiger partial charge in [0.25, 0.3) is 5.91 Å². The van der Waals surface area contributed by atoms with Crippen LogP contribution in [-0.4, -0.2) is 61.5 Å². The van der Waals surface area contributed by atoms with Crippen LogP contribution in [0.2, 0.25) is 0 Å². The molecule has 23 heavy (non-hydrogen) atoms. The number of hydrogen-bond donors (Lipinski definition) is 1. The number of nitrogens with zero attached hydrogens (tertiary/aromatic N) is 5. The van der Waals surface area contributed by atoms with E-state index in [0.29, 0.717) is 13.1 Å². The van der Waals surface area contributed by atoms with Gasteiger partial charge in [0.2, 0.25) is 0 Å². The Balaban J connectivity index is 1.63. The van der Waals surface area contributed by atoms with Crippen LogP contribution < -0.4 is 0 Å². The van der Waals surface area contributed by atoms with Crippen molar-refractivity contribution >= 4 is 5.91 Å². The Morgan fingerprint density at radius 3 is 2.83 bits per heavy atom. The van der Waals surface area contributed by atoms with Gasteiger partial charge in [-0.05, 0) is 18.6 Å². The number of carbonyl (C=O) groups excluding carboxylic acids is 1. The van der Waals surface area contributed by atoms with Gasteiger partial charge in [0.15, 0.2) is 5.69 Å². The molecule has 7 nitrogen and oxygen atoms in total. The number of rotatable bonds is 3. The van der Waals surface area contributed by atoms with E-state index in [0.717, 1.165) is 31.9 Å². The van der Waals surface area contributed by atoms with Crippen LogP contribution in [0.5, 0.6) is 5.75 Å². The molecule has 0 bridgehead atoms. The van der Waals surface area contributed by atoms with Crippen LogP contribution in [0.15, 0.2) is 30.7 Å². The summed E-state index contributed by atoms with van der Waals surface area (Å²) >= 11 is 0. The summed E-state index contributed by atoms with van der Waals surface area (Å²) in [5, 5.41) is 9.80. The molecule has 1 N–H and O–H groups in total. The van der Waals surface area contributed by atoms with Crippen LogP contribution in [0.1, 0.15) is 22.7 Å². The summed E-state index contributed by atoms with van der Waals surface area (Å²) in [6, 6.07) is 3.11. The summed E-state index contributed by atoms with van der Waals surface area (Å²) in [6.07, 6.45) is 6.15. The number of amides is 1. The summed E-state index contributed by atoms with van der Waals surface area (Å²) in [6.45, 7) is 3.78. The molecule has 0 spiro atoms. The predicted octanol–water partition coefficient (Wildman–Crippen LogP) is 0.869. The number of aromatic nitrogens is 3. The Morgan fingerprint density at radius 1 is 1.22 bits per heavy atom. The van der Waals surface area contributed by atoms with Crippen LogP contribution in [0, 0.1) is 0 Å². The first-order valence-electron chi connectivity index (χ1n) is 7.77. The normalized spacial score (nSPS) is 16.3. The van der Waals surface area contributed by atoms with Crippen molar-refractivity contribution in [1.82, 2.24) is 24.3 Å². The average Bonchev–Trinajstić information content (AvgIpc) is 2.81. The maximum absolute atomic E-state index is 12.5. The molecule has 122 valence electrons. The summed E-state index contributed by atoms with van der Waals surface area (Å²) < 4.78 is 2.01. The van der Waals surface area contributed by atoms with Gasteiger partial charge in [-0.2, -0.15) is 0 Å². The zero-order chi connectivity index (χ0) is 16.2. The highest BCUT2D eigenvalue weighted by atomic mass is 16.3.